The predicted molar refractivity (Wildman–Crippen MR) is 98.8 cm³/mol. The summed E-state index contributed by atoms with van der Waals surface area (Å²) in [6, 6.07) is 13.3. The van der Waals surface area contributed by atoms with Gasteiger partial charge >= 0.3 is 0 Å². The molecule has 1 amide bonds. The topological polar surface area (TPSA) is 58.4 Å². The fraction of sp³-hybridized carbons (Fsp3) is 0.278. The molecule has 120 valence electrons. The highest BCUT2D eigenvalue weighted by Gasteiger charge is 2.26. The summed E-state index contributed by atoms with van der Waals surface area (Å²) in [5.41, 5.74) is 9.93. The summed E-state index contributed by atoms with van der Waals surface area (Å²) < 4.78 is 0.990. The molecule has 1 heterocycles. The van der Waals surface area contributed by atoms with Gasteiger partial charge < -0.3 is 16.0 Å². The van der Waals surface area contributed by atoms with Crippen LogP contribution in [-0.2, 0) is 11.2 Å². The minimum Gasteiger partial charge on any atom is -0.398 e. The maximum atomic E-state index is 12.6. The number of rotatable bonds is 3. The second kappa shape index (κ2) is 6.62. The zero-order valence-electron chi connectivity index (χ0n) is 13.1. The Morgan fingerprint density at radius 2 is 2.00 bits per heavy atom. The number of nitrogens with one attached hydrogen (secondary N) is 1. The lowest BCUT2D eigenvalue weighted by Crippen LogP contribution is -2.44. The van der Waals surface area contributed by atoms with Gasteiger partial charge in [-0.25, -0.2) is 0 Å². The van der Waals surface area contributed by atoms with Crippen LogP contribution in [0.5, 0.6) is 0 Å². The Kier molecular flexibility index (Phi) is 4.57. The zero-order chi connectivity index (χ0) is 16.4. The summed E-state index contributed by atoms with van der Waals surface area (Å²) in [6.45, 7) is 2.80. The van der Waals surface area contributed by atoms with E-state index in [1.54, 1.807) is 0 Å². The normalized spacial score (nSPS) is 15.0. The van der Waals surface area contributed by atoms with Gasteiger partial charge in [-0.1, -0.05) is 22.0 Å². The highest BCUT2D eigenvalue weighted by atomic mass is 79.9. The fourth-order valence-electron chi connectivity index (χ4n) is 3.00. The van der Waals surface area contributed by atoms with E-state index in [0.29, 0.717) is 0 Å². The lowest BCUT2D eigenvalue weighted by molar-refractivity contribution is -0.117. The van der Waals surface area contributed by atoms with Gasteiger partial charge in [0.1, 0.15) is 6.04 Å². The molecule has 0 saturated heterocycles. The number of amides is 1. The first-order valence-corrected chi connectivity index (χ1v) is 8.56. The molecule has 0 saturated carbocycles. The van der Waals surface area contributed by atoms with Crippen LogP contribution in [0.4, 0.5) is 17.1 Å². The van der Waals surface area contributed by atoms with E-state index in [0.717, 1.165) is 46.5 Å². The SMILES string of the molecule is CC(C(=O)Nc1ccc(Br)cc1)N1CCCc2c(N)cccc21. The number of carbonyl (C=O) groups is 1. The molecule has 0 bridgehead atoms. The van der Waals surface area contributed by atoms with Gasteiger partial charge in [-0.15, -0.1) is 0 Å². The van der Waals surface area contributed by atoms with Gasteiger partial charge in [-0.2, -0.15) is 0 Å². The van der Waals surface area contributed by atoms with Crippen LogP contribution < -0.4 is 16.0 Å². The van der Waals surface area contributed by atoms with Crippen LogP contribution in [0.25, 0.3) is 0 Å². The highest BCUT2D eigenvalue weighted by Crippen LogP contribution is 2.32. The molecule has 0 radical (unpaired) electrons. The number of hydrogen-bond acceptors (Lipinski definition) is 3. The summed E-state index contributed by atoms with van der Waals surface area (Å²) in [6.07, 6.45) is 1.98. The second-order valence-electron chi connectivity index (χ2n) is 5.81. The van der Waals surface area contributed by atoms with E-state index in [-0.39, 0.29) is 11.9 Å². The average Bonchev–Trinajstić information content (AvgIpc) is 2.56. The number of anilines is 3. The van der Waals surface area contributed by atoms with E-state index in [4.69, 9.17) is 5.73 Å². The minimum absolute atomic E-state index is 0.0115. The smallest absolute Gasteiger partial charge is 0.246 e. The molecule has 2 aromatic carbocycles. The lowest BCUT2D eigenvalue weighted by atomic mass is 9.98. The summed E-state index contributed by atoms with van der Waals surface area (Å²) >= 11 is 3.40. The van der Waals surface area contributed by atoms with E-state index < -0.39 is 0 Å². The van der Waals surface area contributed by atoms with Crippen LogP contribution >= 0.6 is 15.9 Å². The molecule has 1 unspecified atom stereocenters. The first-order chi connectivity index (χ1) is 11.1. The van der Waals surface area contributed by atoms with Crippen molar-refractivity contribution in [2.24, 2.45) is 0 Å². The third kappa shape index (κ3) is 3.34. The van der Waals surface area contributed by atoms with Crippen molar-refractivity contribution in [1.82, 2.24) is 0 Å². The first kappa shape index (κ1) is 15.9. The number of nitrogens with two attached hydrogens (primary N) is 1. The molecule has 3 N–H and O–H groups in total. The third-order valence-corrected chi connectivity index (χ3v) is 4.81. The Bertz CT molecular complexity index is 715. The number of nitrogens with zero attached hydrogens (tertiary/aromatic N) is 1. The Morgan fingerprint density at radius 3 is 2.74 bits per heavy atom. The quantitative estimate of drug-likeness (QED) is 0.804. The van der Waals surface area contributed by atoms with Crippen molar-refractivity contribution < 1.29 is 4.79 Å². The number of benzene rings is 2. The van der Waals surface area contributed by atoms with Crippen molar-refractivity contribution in [1.29, 1.82) is 0 Å². The molecule has 0 aromatic heterocycles. The van der Waals surface area contributed by atoms with Crippen LogP contribution in [0.1, 0.15) is 18.9 Å². The van der Waals surface area contributed by atoms with Crippen molar-refractivity contribution in [2.45, 2.75) is 25.8 Å². The van der Waals surface area contributed by atoms with Crippen LogP contribution in [0.15, 0.2) is 46.9 Å². The van der Waals surface area contributed by atoms with E-state index in [9.17, 15) is 4.79 Å². The monoisotopic (exact) mass is 373 g/mol. The molecule has 5 heteroatoms. The second-order valence-corrected chi connectivity index (χ2v) is 6.73. The van der Waals surface area contributed by atoms with E-state index in [1.807, 2.05) is 49.4 Å². The van der Waals surface area contributed by atoms with Crippen molar-refractivity contribution in [3.63, 3.8) is 0 Å². The van der Waals surface area contributed by atoms with Gasteiger partial charge in [0.05, 0.1) is 0 Å². The molecule has 0 spiro atoms. The van der Waals surface area contributed by atoms with Crippen molar-refractivity contribution >= 4 is 38.9 Å². The Balaban J connectivity index is 1.78. The molecule has 0 fully saturated rings. The fourth-order valence-corrected chi connectivity index (χ4v) is 3.27. The summed E-state index contributed by atoms with van der Waals surface area (Å²) in [4.78, 5) is 14.7. The molecule has 23 heavy (non-hydrogen) atoms. The number of fused-ring (bicyclic) bond motifs is 1. The van der Waals surface area contributed by atoms with Gasteiger partial charge in [0, 0.05) is 28.1 Å². The average molecular weight is 374 g/mol. The Hall–Kier alpha value is -2.01. The Labute approximate surface area is 144 Å². The number of halogens is 1. The molecular weight excluding hydrogens is 354 g/mol. The Morgan fingerprint density at radius 1 is 1.26 bits per heavy atom. The molecule has 4 nitrogen and oxygen atoms in total. The van der Waals surface area contributed by atoms with Crippen molar-refractivity contribution in [3.05, 3.63) is 52.5 Å². The standard InChI is InChI=1S/C18H20BrN3O/c1-12(18(23)21-14-9-7-13(19)8-10-14)22-11-3-4-15-16(20)5-2-6-17(15)22/h2,5-10,12H,3-4,11,20H2,1H3,(H,21,23). The van der Waals surface area contributed by atoms with Gasteiger partial charge in [-0.05, 0) is 61.7 Å². The van der Waals surface area contributed by atoms with Gasteiger partial charge in [0.15, 0.2) is 0 Å². The van der Waals surface area contributed by atoms with Crippen LogP contribution in [0.2, 0.25) is 0 Å². The van der Waals surface area contributed by atoms with E-state index in [2.05, 4.69) is 26.1 Å². The molecule has 2 aromatic rings. The first-order valence-electron chi connectivity index (χ1n) is 7.76. The molecule has 0 aliphatic carbocycles. The summed E-state index contributed by atoms with van der Waals surface area (Å²) in [5.74, 6) is -0.0115. The van der Waals surface area contributed by atoms with Crippen molar-refractivity contribution in [3.8, 4) is 0 Å². The van der Waals surface area contributed by atoms with E-state index in [1.165, 1.54) is 0 Å². The van der Waals surface area contributed by atoms with Gasteiger partial charge in [0.2, 0.25) is 5.91 Å². The predicted octanol–water partition coefficient (Wildman–Crippen LogP) is 3.81. The van der Waals surface area contributed by atoms with Gasteiger partial charge in [-0.3, -0.25) is 4.79 Å². The molecule has 3 rings (SSSR count). The maximum absolute atomic E-state index is 12.6. The van der Waals surface area contributed by atoms with Gasteiger partial charge in [0.25, 0.3) is 0 Å². The molecular formula is C18H20BrN3O. The highest BCUT2D eigenvalue weighted by molar-refractivity contribution is 9.10. The third-order valence-electron chi connectivity index (χ3n) is 4.28. The number of carbonyl (C=O) groups excluding carboxylic acids is 1. The maximum Gasteiger partial charge on any atom is 0.246 e. The van der Waals surface area contributed by atoms with Crippen LogP contribution in [0.3, 0.4) is 0 Å². The number of hydrogen-bond donors (Lipinski definition) is 2. The molecule has 1 aliphatic rings. The van der Waals surface area contributed by atoms with Crippen LogP contribution in [0, 0.1) is 0 Å². The molecule has 1 atom stereocenters. The van der Waals surface area contributed by atoms with E-state index >= 15 is 0 Å². The van der Waals surface area contributed by atoms with Crippen LogP contribution in [-0.4, -0.2) is 18.5 Å². The lowest BCUT2D eigenvalue weighted by Gasteiger charge is -2.36. The largest absolute Gasteiger partial charge is 0.398 e. The van der Waals surface area contributed by atoms with Crippen molar-refractivity contribution in [2.75, 3.05) is 22.5 Å². The molecule has 1 aliphatic heterocycles. The number of nitrogen functional groups attached to an aromatic ring is 1. The summed E-state index contributed by atoms with van der Waals surface area (Å²) in [7, 11) is 0. The zero-order valence-corrected chi connectivity index (χ0v) is 14.6. The summed E-state index contributed by atoms with van der Waals surface area (Å²) in [5, 5.41) is 2.98. The minimum atomic E-state index is -0.250.